The average Bonchev–Trinajstić information content (AvgIpc) is 2.80. The molecule has 0 bridgehead atoms. The molecule has 2 aromatic rings. The maximum Gasteiger partial charge on any atom is 0.319 e. The third-order valence-electron chi connectivity index (χ3n) is 6.09. The fraction of sp³-hybridized carbons (Fsp3) is 0.360. The van der Waals surface area contributed by atoms with Gasteiger partial charge in [-0.25, -0.2) is 4.79 Å². The van der Waals surface area contributed by atoms with Gasteiger partial charge >= 0.3 is 12.0 Å². The van der Waals surface area contributed by atoms with Gasteiger partial charge in [-0.15, -0.1) is 0 Å². The molecule has 36 heavy (non-hydrogen) atoms. The molecule has 192 valence electrons. The number of anilines is 1. The van der Waals surface area contributed by atoms with Gasteiger partial charge in [0, 0.05) is 12.2 Å². The van der Waals surface area contributed by atoms with Crippen LogP contribution in [-0.4, -0.2) is 41.5 Å². The molecular formula is C25H29BrN4O6. The van der Waals surface area contributed by atoms with Crippen molar-refractivity contribution in [2.24, 2.45) is 11.1 Å². The lowest BCUT2D eigenvalue weighted by Crippen LogP contribution is -2.55. The molecule has 1 aliphatic rings. The molecule has 10 nitrogen and oxygen atoms in total. The van der Waals surface area contributed by atoms with E-state index >= 15 is 0 Å². The second-order valence-corrected chi connectivity index (χ2v) is 9.46. The van der Waals surface area contributed by atoms with Crippen molar-refractivity contribution in [1.82, 2.24) is 10.6 Å². The number of urea groups is 1. The second-order valence-electron chi connectivity index (χ2n) is 8.61. The molecule has 0 radical (unpaired) electrons. The molecule has 0 aromatic heterocycles. The Morgan fingerprint density at radius 1 is 1.08 bits per heavy atom. The lowest BCUT2D eigenvalue weighted by atomic mass is 9.68. The minimum atomic E-state index is -1.50. The Morgan fingerprint density at radius 2 is 1.78 bits per heavy atom. The molecule has 4 amide bonds. The van der Waals surface area contributed by atoms with E-state index in [9.17, 15) is 24.3 Å². The largest absolute Gasteiger partial charge is 0.488 e. The maximum absolute atomic E-state index is 13.0. The van der Waals surface area contributed by atoms with Crippen LogP contribution in [-0.2, 0) is 21.0 Å². The zero-order valence-electron chi connectivity index (χ0n) is 19.6. The second kappa shape index (κ2) is 12.4. The van der Waals surface area contributed by atoms with E-state index in [1.807, 2.05) is 36.4 Å². The van der Waals surface area contributed by atoms with E-state index in [1.54, 1.807) is 12.1 Å². The monoisotopic (exact) mass is 560 g/mol. The van der Waals surface area contributed by atoms with Crippen LogP contribution >= 0.6 is 15.9 Å². The number of halogens is 1. The number of carbonyl (C=O) groups excluding carboxylic acids is 3. The number of carbonyl (C=O) groups is 4. The maximum atomic E-state index is 13.0. The van der Waals surface area contributed by atoms with Gasteiger partial charge in [-0.3, -0.25) is 14.4 Å². The van der Waals surface area contributed by atoms with Crippen LogP contribution in [0.2, 0.25) is 0 Å². The van der Waals surface area contributed by atoms with Crippen molar-refractivity contribution in [3.63, 3.8) is 0 Å². The number of amides is 4. The van der Waals surface area contributed by atoms with Crippen molar-refractivity contribution in [2.75, 3.05) is 11.9 Å². The Balaban J connectivity index is 1.61. The number of carboxylic acids is 1. The number of nitrogens with two attached hydrogens (primary N) is 1. The smallest absolute Gasteiger partial charge is 0.319 e. The van der Waals surface area contributed by atoms with Crippen LogP contribution in [0.5, 0.6) is 5.75 Å². The van der Waals surface area contributed by atoms with E-state index in [0.29, 0.717) is 30.9 Å². The number of nitrogens with one attached hydrogen (secondary N) is 3. The zero-order valence-corrected chi connectivity index (χ0v) is 21.2. The van der Waals surface area contributed by atoms with E-state index in [4.69, 9.17) is 10.5 Å². The number of hydrogen-bond donors (Lipinski definition) is 5. The molecule has 1 saturated carbocycles. The summed E-state index contributed by atoms with van der Waals surface area (Å²) in [6.45, 7) is 0.547. The Bertz CT molecular complexity index is 1100. The molecule has 1 aliphatic carbocycles. The lowest BCUT2D eigenvalue weighted by molar-refractivity contribution is -0.162. The molecule has 0 saturated heterocycles. The first-order valence-electron chi connectivity index (χ1n) is 11.6. The number of para-hydroxylation sites is 1. The summed E-state index contributed by atoms with van der Waals surface area (Å²) in [6, 6.07) is 12.9. The predicted octanol–water partition coefficient (Wildman–Crippen LogP) is 3.15. The normalized spacial score (nSPS) is 14.6. The summed E-state index contributed by atoms with van der Waals surface area (Å²) in [5, 5.41) is 17.3. The molecule has 0 heterocycles. The number of carboxylic acid groups (broad SMARTS) is 1. The first kappa shape index (κ1) is 27.0. The van der Waals surface area contributed by atoms with Gasteiger partial charge in [0.15, 0.2) is 0 Å². The van der Waals surface area contributed by atoms with Crippen LogP contribution in [0.4, 0.5) is 10.5 Å². The highest BCUT2D eigenvalue weighted by molar-refractivity contribution is 9.10. The van der Waals surface area contributed by atoms with Gasteiger partial charge in [-0.2, -0.15) is 0 Å². The third kappa shape index (κ3) is 6.97. The minimum absolute atomic E-state index is 0.186. The standard InChI is InChI=1S/C25H29BrN4O6/c26-18-5-1-2-7-20(18)36-15-16-8-10-17(11-9-16)29-21(31)19(6-3-14-28-24(27)35)30-22(32)25(23(33)34)12-4-13-25/h1-2,5,7-11,19H,3-4,6,12-15H2,(H,29,31)(H,30,32)(H,33,34)(H3,27,28,35). The SMILES string of the molecule is NC(=O)NCCCC(NC(=O)C1(C(=O)O)CCC1)C(=O)Nc1ccc(COc2ccccc2Br)cc1. The van der Waals surface area contributed by atoms with Crippen LogP contribution in [0.3, 0.4) is 0 Å². The first-order chi connectivity index (χ1) is 17.2. The Hall–Kier alpha value is -3.60. The Morgan fingerprint density at radius 3 is 2.36 bits per heavy atom. The van der Waals surface area contributed by atoms with Crippen molar-refractivity contribution in [2.45, 2.75) is 44.8 Å². The summed E-state index contributed by atoms with van der Waals surface area (Å²) in [7, 11) is 0. The molecule has 6 N–H and O–H groups in total. The summed E-state index contributed by atoms with van der Waals surface area (Å²) >= 11 is 3.43. The van der Waals surface area contributed by atoms with Gasteiger partial charge in [0.05, 0.1) is 4.47 Å². The van der Waals surface area contributed by atoms with E-state index in [2.05, 4.69) is 31.9 Å². The zero-order chi connectivity index (χ0) is 26.1. The predicted molar refractivity (Wildman–Crippen MR) is 136 cm³/mol. The summed E-state index contributed by atoms with van der Waals surface area (Å²) < 4.78 is 6.64. The highest BCUT2D eigenvalue weighted by Crippen LogP contribution is 2.41. The van der Waals surface area contributed by atoms with Gasteiger partial charge in [-0.1, -0.05) is 30.7 Å². The number of ether oxygens (including phenoxy) is 1. The molecule has 3 rings (SSSR count). The molecule has 2 aromatic carbocycles. The molecule has 1 unspecified atom stereocenters. The summed E-state index contributed by atoms with van der Waals surface area (Å²) in [5.41, 5.74) is 4.96. The quantitative estimate of drug-likeness (QED) is 0.198. The fourth-order valence-electron chi connectivity index (χ4n) is 3.79. The molecular weight excluding hydrogens is 532 g/mol. The van der Waals surface area contributed by atoms with Gasteiger partial charge in [0.25, 0.3) is 0 Å². The lowest BCUT2D eigenvalue weighted by Gasteiger charge is -2.36. The van der Waals surface area contributed by atoms with Gasteiger partial charge in [-0.05, 0) is 71.4 Å². The van der Waals surface area contributed by atoms with Gasteiger partial charge in [0.2, 0.25) is 11.8 Å². The molecule has 11 heteroatoms. The van der Waals surface area contributed by atoms with Crippen LogP contribution in [0.25, 0.3) is 0 Å². The van der Waals surface area contributed by atoms with Crippen molar-refractivity contribution in [1.29, 1.82) is 0 Å². The molecule has 0 spiro atoms. The van der Waals surface area contributed by atoms with E-state index < -0.39 is 35.3 Å². The van der Waals surface area contributed by atoms with Crippen molar-refractivity contribution in [3.05, 3.63) is 58.6 Å². The number of benzene rings is 2. The van der Waals surface area contributed by atoms with E-state index in [1.165, 1.54) is 0 Å². The van der Waals surface area contributed by atoms with Crippen LogP contribution in [0.1, 0.15) is 37.7 Å². The number of primary amides is 1. The van der Waals surface area contributed by atoms with Gasteiger partial charge in [0.1, 0.15) is 23.8 Å². The van der Waals surface area contributed by atoms with Crippen LogP contribution < -0.4 is 26.4 Å². The van der Waals surface area contributed by atoms with E-state index in [0.717, 1.165) is 10.0 Å². The highest BCUT2D eigenvalue weighted by Gasteiger charge is 2.51. The first-order valence-corrected chi connectivity index (χ1v) is 12.4. The van der Waals surface area contributed by atoms with E-state index in [-0.39, 0.29) is 25.8 Å². The topological polar surface area (TPSA) is 160 Å². The van der Waals surface area contributed by atoms with Crippen molar-refractivity contribution < 1.29 is 29.0 Å². The Labute approximate surface area is 217 Å². The fourth-order valence-corrected chi connectivity index (χ4v) is 4.19. The summed E-state index contributed by atoms with van der Waals surface area (Å²) in [6.07, 6.45) is 1.64. The Kier molecular flexibility index (Phi) is 9.29. The average molecular weight is 561 g/mol. The molecule has 0 aliphatic heterocycles. The third-order valence-corrected chi connectivity index (χ3v) is 6.75. The summed E-state index contributed by atoms with van der Waals surface area (Å²) in [4.78, 5) is 48.4. The van der Waals surface area contributed by atoms with Gasteiger partial charge < -0.3 is 31.5 Å². The van der Waals surface area contributed by atoms with Crippen molar-refractivity contribution in [3.8, 4) is 5.75 Å². The molecule has 1 fully saturated rings. The van der Waals surface area contributed by atoms with Crippen molar-refractivity contribution >= 4 is 45.4 Å². The number of aliphatic carboxylic acids is 1. The summed E-state index contributed by atoms with van der Waals surface area (Å²) in [5.74, 6) is -1.64. The molecule has 1 atom stereocenters. The number of hydrogen-bond acceptors (Lipinski definition) is 5. The highest BCUT2D eigenvalue weighted by atomic mass is 79.9. The number of rotatable bonds is 12. The van der Waals surface area contributed by atoms with Crippen LogP contribution in [0.15, 0.2) is 53.0 Å². The minimum Gasteiger partial charge on any atom is -0.488 e. The van der Waals surface area contributed by atoms with Crippen LogP contribution in [0, 0.1) is 5.41 Å².